The molecule has 35 heavy (non-hydrogen) atoms. The minimum Gasteiger partial charge on any atom is -0.507 e. The Morgan fingerprint density at radius 1 is 1.09 bits per heavy atom. The van der Waals surface area contributed by atoms with E-state index in [4.69, 9.17) is 9.47 Å². The molecular formula is C28H25N3O4. The van der Waals surface area contributed by atoms with E-state index in [9.17, 15) is 9.90 Å². The number of carbonyl (C=O) groups is 1. The smallest absolute Gasteiger partial charge is 0.235 e. The van der Waals surface area contributed by atoms with Gasteiger partial charge in [0.2, 0.25) is 5.78 Å². The Bertz CT molecular complexity index is 1460. The van der Waals surface area contributed by atoms with Crippen molar-refractivity contribution in [2.24, 2.45) is 7.05 Å². The van der Waals surface area contributed by atoms with Crippen LogP contribution in [-0.2, 0) is 18.3 Å². The molecule has 1 saturated heterocycles. The minimum absolute atomic E-state index is 0.0756. The standard InChI is InChI=1S/C28H25N3O4/c1-30-17-20(15-24-27(33)26-22(32)3-2-4-23(26)35-24)25-21(9-10-29-28(25)30)19-7-5-18(6-8-19)16-31-11-13-34-14-12-31/h2-10,15,17,32H,11-14,16H2,1H3. The van der Waals surface area contributed by atoms with Crippen molar-refractivity contribution in [2.75, 3.05) is 26.3 Å². The number of aromatic nitrogens is 2. The quantitative estimate of drug-likeness (QED) is 0.449. The summed E-state index contributed by atoms with van der Waals surface area (Å²) >= 11 is 0. The van der Waals surface area contributed by atoms with E-state index in [1.54, 1.807) is 24.4 Å². The van der Waals surface area contributed by atoms with Crippen LogP contribution in [0.2, 0.25) is 0 Å². The number of phenols is 1. The number of hydrogen-bond donors (Lipinski definition) is 1. The largest absolute Gasteiger partial charge is 0.507 e. The van der Waals surface area contributed by atoms with Gasteiger partial charge in [0.05, 0.1) is 13.2 Å². The summed E-state index contributed by atoms with van der Waals surface area (Å²) in [5.41, 5.74) is 5.23. The highest BCUT2D eigenvalue weighted by Crippen LogP contribution is 2.39. The number of nitrogens with zero attached hydrogens (tertiary/aromatic N) is 3. The number of allylic oxidation sites excluding steroid dienone is 1. The summed E-state index contributed by atoms with van der Waals surface area (Å²) < 4.78 is 13.2. The molecule has 4 heterocycles. The number of morpholine rings is 1. The van der Waals surface area contributed by atoms with Gasteiger partial charge in [0, 0.05) is 50.0 Å². The highest BCUT2D eigenvalue weighted by atomic mass is 16.5. The number of aromatic hydroxyl groups is 1. The molecule has 1 N–H and O–H groups in total. The molecule has 4 aromatic rings. The van der Waals surface area contributed by atoms with Gasteiger partial charge in [0.25, 0.3) is 0 Å². The monoisotopic (exact) mass is 467 g/mol. The summed E-state index contributed by atoms with van der Waals surface area (Å²) in [5.74, 6) is 0.154. The molecule has 0 amide bonds. The predicted molar refractivity (Wildman–Crippen MR) is 133 cm³/mol. The van der Waals surface area contributed by atoms with E-state index in [-0.39, 0.29) is 22.9 Å². The van der Waals surface area contributed by atoms with E-state index >= 15 is 0 Å². The fraction of sp³-hybridized carbons (Fsp3) is 0.214. The first-order valence-corrected chi connectivity index (χ1v) is 11.7. The molecular weight excluding hydrogens is 442 g/mol. The van der Waals surface area contributed by atoms with Gasteiger partial charge >= 0.3 is 0 Å². The van der Waals surface area contributed by atoms with Crippen LogP contribution in [0.4, 0.5) is 0 Å². The van der Waals surface area contributed by atoms with Crippen LogP contribution in [0.5, 0.6) is 11.5 Å². The van der Waals surface area contributed by atoms with Crippen molar-refractivity contribution in [3.8, 4) is 22.6 Å². The lowest BCUT2D eigenvalue weighted by Gasteiger charge is -2.26. The lowest BCUT2D eigenvalue weighted by molar-refractivity contribution is 0.0342. The number of fused-ring (bicyclic) bond motifs is 2. The zero-order valence-electron chi connectivity index (χ0n) is 19.4. The summed E-state index contributed by atoms with van der Waals surface area (Å²) in [6.07, 6.45) is 5.49. The van der Waals surface area contributed by atoms with Crippen molar-refractivity contribution in [1.29, 1.82) is 0 Å². The van der Waals surface area contributed by atoms with E-state index in [0.29, 0.717) is 5.75 Å². The van der Waals surface area contributed by atoms with Crippen LogP contribution in [0.25, 0.3) is 28.2 Å². The number of Topliss-reactive ketones (excluding diaryl/α,β-unsaturated/α-hetero) is 1. The molecule has 7 nitrogen and oxygen atoms in total. The maximum atomic E-state index is 12.9. The molecule has 2 aromatic heterocycles. The second-order valence-corrected chi connectivity index (χ2v) is 8.93. The second-order valence-electron chi connectivity index (χ2n) is 8.93. The van der Waals surface area contributed by atoms with Gasteiger partial charge in [0.1, 0.15) is 22.7 Å². The number of aryl methyl sites for hydroxylation is 1. The van der Waals surface area contributed by atoms with E-state index in [0.717, 1.165) is 60.6 Å². The molecule has 2 aliphatic heterocycles. The van der Waals surface area contributed by atoms with Gasteiger partial charge in [0.15, 0.2) is 5.76 Å². The number of pyridine rings is 1. The molecule has 0 unspecified atom stereocenters. The third kappa shape index (κ3) is 3.88. The maximum absolute atomic E-state index is 12.9. The van der Waals surface area contributed by atoms with Gasteiger partial charge < -0.3 is 19.1 Å². The average molecular weight is 468 g/mol. The number of benzene rings is 2. The van der Waals surface area contributed by atoms with Gasteiger partial charge in [-0.2, -0.15) is 0 Å². The Morgan fingerprint density at radius 2 is 1.89 bits per heavy atom. The van der Waals surface area contributed by atoms with Gasteiger partial charge in [-0.3, -0.25) is 9.69 Å². The molecule has 1 fully saturated rings. The maximum Gasteiger partial charge on any atom is 0.235 e. The van der Waals surface area contributed by atoms with Crippen LogP contribution in [0.15, 0.2) is 66.7 Å². The Hall–Kier alpha value is -3.94. The third-order valence-corrected chi connectivity index (χ3v) is 6.62. The topological polar surface area (TPSA) is 76.8 Å². The van der Waals surface area contributed by atoms with Gasteiger partial charge in [-0.05, 0) is 41.0 Å². The summed E-state index contributed by atoms with van der Waals surface area (Å²) in [6.45, 7) is 4.39. The lowest BCUT2D eigenvalue weighted by Crippen LogP contribution is -2.35. The molecule has 0 saturated carbocycles. The van der Waals surface area contributed by atoms with Crippen molar-refractivity contribution in [3.63, 3.8) is 0 Å². The lowest BCUT2D eigenvalue weighted by atomic mass is 9.99. The molecule has 7 heteroatoms. The molecule has 2 aliphatic rings. The van der Waals surface area contributed by atoms with Gasteiger partial charge in [-0.25, -0.2) is 4.98 Å². The SMILES string of the molecule is Cn1cc(C=C2Oc3cccc(O)c3C2=O)c2c(-c3ccc(CN4CCOCC4)cc3)ccnc21. The van der Waals surface area contributed by atoms with Crippen molar-refractivity contribution in [1.82, 2.24) is 14.5 Å². The fourth-order valence-corrected chi connectivity index (χ4v) is 4.85. The highest BCUT2D eigenvalue weighted by Gasteiger charge is 2.30. The van der Waals surface area contributed by atoms with E-state index in [1.165, 1.54) is 11.6 Å². The summed E-state index contributed by atoms with van der Waals surface area (Å²) in [4.78, 5) is 19.9. The molecule has 2 aromatic carbocycles. The molecule has 0 atom stereocenters. The molecule has 0 bridgehead atoms. The van der Waals surface area contributed by atoms with E-state index in [1.807, 2.05) is 23.9 Å². The van der Waals surface area contributed by atoms with Crippen LogP contribution in [0.3, 0.4) is 0 Å². The number of rotatable bonds is 4. The Kier molecular flexibility index (Phi) is 5.36. The first kappa shape index (κ1) is 21.6. The molecule has 6 rings (SSSR count). The van der Waals surface area contributed by atoms with Crippen molar-refractivity contribution in [3.05, 3.63) is 83.4 Å². The minimum atomic E-state index is -0.326. The van der Waals surface area contributed by atoms with Gasteiger partial charge in [-0.1, -0.05) is 30.3 Å². The summed E-state index contributed by atoms with van der Waals surface area (Å²) in [6, 6.07) is 15.4. The van der Waals surface area contributed by atoms with Crippen LogP contribution in [0, 0.1) is 0 Å². The van der Waals surface area contributed by atoms with Crippen LogP contribution in [0.1, 0.15) is 21.5 Å². The van der Waals surface area contributed by atoms with Crippen LogP contribution < -0.4 is 4.74 Å². The number of carbonyl (C=O) groups excluding carboxylic acids is 1. The first-order valence-electron chi connectivity index (χ1n) is 11.7. The van der Waals surface area contributed by atoms with E-state index < -0.39 is 0 Å². The molecule has 0 radical (unpaired) electrons. The zero-order valence-corrected chi connectivity index (χ0v) is 19.4. The predicted octanol–water partition coefficient (Wildman–Crippen LogP) is 4.39. The molecule has 0 spiro atoms. The van der Waals surface area contributed by atoms with Gasteiger partial charge in [-0.15, -0.1) is 0 Å². The summed E-state index contributed by atoms with van der Waals surface area (Å²) in [7, 11) is 1.93. The number of ether oxygens (including phenoxy) is 2. The Labute approximate surface area is 202 Å². The second kappa shape index (κ2) is 8.69. The zero-order chi connectivity index (χ0) is 23.9. The van der Waals surface area contributed by atoms with Crippen LogP contribution in [-0.4, -0.2) is 51.6 Å². The first-order chi connectivity index (χ1) is 17.1. The highest BCUT2D eigenvalue weighted by molar-refractivity contribution is 6.17. The summed E-state index contributed by atoms with van der Waals surface area (Å²) in [5, 5.41) is 11.1. The normalized spacial score (nSPS) is 17.2. The molecule has 176 valence electrons. The number of ketones is 1. The van der Waals surface area contributed by atoms with Crippen molar-refractivity contribution < 1.29 is 19.4 Å². The number of hydrogen-bond acceptors (Lipinski definition) is 6. The van der Waals surface area contributed by atoms with Crippen LogP contribution >= 0.6 is 0 Å². The van der Waals surface area contributed by atoms with Crippen molar-refractivity contribution >= 4 is 22.9 Å². The Balaban J connectivity index is 1.37. The number of phenolic OH excluding ortho intramolecular Hbond substituents is 1. The average Bonchev–Trinajstić information content (AvgIpc) is 3.37. The molecule has 0 aliphatic carbocycles. The fourth-order valence-electron chi connectivity index (χ4n) is 4.85. The third-order valence-electron chi connectivity index (χ3n) is 6.62. The van der Waals surface area contributed by atoms with E-state index in [2.05, 4.69) is 34.1 Å². The Morgan fingerprint density at radius 3 is 2.66 bits per heavy atom. The van der Waals surface area contributed by atoms with Crippen molar-refractivity contribution in [2.45, 2.75) is 6.54 Å².